The fourth-order valence-corrected chi connectivity index (χ4v) is 4.26. The number of hydrogen-bond donors (Lipinski definition) is 0. The predicted molar refractivity (Wildman–Crippen MR) is 108 cm³/mol. The Balaban J connectivity index is 1.81. The van der Waals surface area contributed by atoms with Crippen LogP contribution in [0.15, 0.2) is 24.3 Å². The SMILES string of the molecule is CCOCc1ccc(-c2ccc(C3CCC(CCOC)CC3)c(F)c2F)c(F)c1F. The monoisotopic (exact) mass is 424 g/mol. The zero-order valence-corrected chi connectivity index (χ0v) is 17.4. The molecule has 0 amide bonds. The summed E-state index contributed by atoms with van der Waals surface area (Å²) in [7, 11) is 1.67. The third kappa shape index (κ3) is 4.86. The molecule has 2 aromatic carbocycles. The van der Waals surface area contributed by atoms with Gasteiger partial charge in [0.05, 0.1) is 6.61 Å². The molecule has 3 rings (SSSR count). The lowest BCUT2D eigenvalue weighted by Crippen LogP contribution is -2.16. The smallest absolute Gasteiger partial charge is 0.167 e. The second kappa shape index (κ2) is 10.4. The number of benzene rings is 2. The Labute approximate surface area is 175 Å². The highest BCUT2D eigenvalue weighted by Gasteiger charge is 2.27. The minimum atomic E-state index is -1.20. The van der Waals surface area contributed by atoms with E-state index in [1.807, 2.05) is 0 Å². The van der Waals surface area contributed by atoms with Gasteiger partial charge in [-0.15, -0.1) is 0 Å². The van der Waals surface area contributed by atoms with Crippen LogP contribution in [-0.2, 0) is 16.1 Å². The Hall–Kier alpha value is -1.92. The number of hydrogen-bond acceptors (Lipinski definition) is 2. The summed E-state index contributed by atoms with van der Waals surface area (Å²) in [6, 6.07) is 5.48. The van der Waals surface area contributed by atoms with E-state index in [4.69, 9.17) is 9.47 Å². The topological polar surface area (TPSA) is 18.5 Å². The number of rotatable bonds is 8. The Morgan fingerprint density at radius 2 is 1.47 bits per heavy atom. The summed E-state index contributed by atoms with van der Waals surface area (Å²) >= 11 is 0. The molecule has 0 unspecified atom stereocenters. The Bertz CT molecular complexity index is 861. The lowest BCUT2D eigenvalue weighted by Gasteiger charge is -2.29. The minimum absolute atomic E-state index is 0.0424. The van der Waals surface area contributed by atoms with Crippen molar-refractivity contribution in [1.82, 2.24) is 0 Å². The van der Waals surface area contributed by atoms with E-state index in [9.17, 15) is 17.6 Å². The Kier molecular flexibility index (Phi) is 7.89. The van der Waals surface area contributed by atoms with Gasteiger partial charge in [0.1, 0.15) is 0 Å². The van der Waals surface area contributed by atoms with E-state index in [0.29, 0.717) is 24.7 Å². The van der Waals surface area contributed by atoms with Gasteiger partial charge in [0, 0.05) is 37.0 Å². The van der Waals surface area contributed by atoms with E-state index in [-0.39, 0.29) is 29.2 Å². The molecular weight excluding hydrogens is 396 g/mol. The minimum Gasteiger partial charge on any atom is -0.385 e. The van der Waals surface area contributed by atoms with Crippen molar-refractivity contribution >= 4 is 0 Å². The lowest BCUT2D eigenvalue weighted by atomic mass is 9.77. The number of methoxy groups -OCH3 is 1. The van der Waals surface area contributed by atoms with Crippen LogP contribution in [0.25, 0.3) is 11.1 Å². The molecular formula is C24H28F4O2. The van der Waals surface area contributed by atoms with Crippen LogP contribution in [0.4, 0.5) is 17.6 Å². The molecule has 30 heavy (non-hydrogen) atoms. The first-order valence-corrected chi connectivity index (χ1v) is 10.5. The molecule has 0 aliphatic heterocycles. The van der Waals surface area contributed by atoms with Crippen molar-refractivity contribution in [2.24, 2.45) is 5.92 Å². The summed E-state index contributed by atoms with van der Waals surface area (Å²) in [4.78, 5) is 0. The van der Waals surface area contributed by atoms with Gasteiger partial charge in [-0.25, -0.2) is 17.6 Å². The average molecular weight is 424 g/mol. The Morgan fingerprint density at radius 1 is 0.833 bits per heavy atom. The molecule has 0 saturated heterocycles. The maximum absolute atomic E-state index is 14.9. The Morgan fingerprint density at radius 3 is 2.10 bits per heavy atom. The molecule has 0 radical (unpaired) electrons. The molecule has 0 aromatic heterocycles. The van der Waals surface area contributed by atoms with E-state index in [1.165, 1.54) is 24.3 Å². The second-order valence-corrected chi connectivity index (χ2v) is 7.87. The first kappa shape index (κ1) is 22.8. The largest absolute Gasteiger partial charge is 0.385 e. The fraction of sp³-hybridized carbons (Fsp3) is 0.500. The molecule has 0 heterocycles. The highest BCUT2D eigenvalue weighted by molar-refractivity contribution is 5.66. The van der Waals surface area contributed by atoms with Gasteiger partial charge in [0.15, 0.2) is 23.3 Å². The van der Waals surface area contributed by atoms with Crippen molar-refractivity contribution in [3.05, 3.63) is 58.7 Å². The van der Waals surface area contributed by atoms with Crippen molar-refractivity contribution in [3.63, 3.8) is 0 Å². The highest BCUT2D eigenvalue weighted by atomic mass is 19.2. The van der Waals surface area contributed by atoms with Crippen LogP contribution >= 0.6 is 0 Å². The van der Waals surface area contributed by atoms with E-state index in [0.717, 1.165) is 32.1 Å². The van der Waals surface area contributed by atoms with E-state index in [1.54, 1.807) is 14.0 Å². The summed E-state index contributed by atoms with van der Waals surface area (Å²) in [5.74, 6) is -3.92. The summed E-state index contributed by atoms with van der Waals surface area (Å²) in [5.41, 5.74) is -0.209. The van der Waals surface area contributed by atoms with Crippen molar-refractivity contribution in [3.8, 4) is 11.1 Å². The van der Waals surface area contributed by atoms with Crippen molar-refractivity contribution in [2.75, 3.05) is 20.3 Å². The molecule has 2 aromatic rings. The first-order valence-electron chi connectivity index (χ1n) is 10.5. The van der Waals surface area contributed by atoms with Crippen LogP contribution in [-0.4, -0.2) is 20.3 Å². The van der Waals surface area contributed by atoms with Crippen LogP contribution in [0.2, 0.25) is 0 Å². The van der Waals surface area contributed by atoms with Crippen LogP contribution in [0.5, 0.6) is 0 Å². The van der Waals surface area contributed by atoms with Crippen molar-refractivity contribution < 1.29 is 27.0 Å². The summed E-state index contributed by atoms with van der Waals surface area (Å²) < 4.78 is 68.8. The highest BCUT2D eigenvalue weighted by Crippen LogP contribution is 2.40. The molecule has 1 aliphatic rings. The predicted octanol–water partition coefficient (Wildman–Crippen LogP) is 6.76. The maximum Gasteiger partial charge on any atom is 0.167 e. The van der Waals surface area contributed by atoms with Gasteiger partial charge in [0.25, 0.3) is 0 Å². The van der Waals surface area contributed by atoms with Gasteiger partial charge in [-0.3, -0.25) is 0 Å². The standard InChI is InChI=1S/C24H28F4O2/c1-3-30-14-17-8-9-19(23(27)21(17)25)20-11-10-18(22(26)24(20)28)16-6-4-15(5-7-16)12-13-29-2/h8-11,15-16H,3-7,12-14H2,1-2H3. The fourth-order valence-electron chi connectivity index (χ4n) is 4.26. The quantitative estimate of drug-likeness (QED) is 0.436. The third-order valence-electron chi connectivity index (χ3n) is 6.04. The van der Waals surface area contributed by atoms with E-state index < -0.39 is 23.3 Å². The second-order valence-electron chi connectivity index (χ2n) is 7.87. The summed E-state index contributed by atoms with van der Waals surface area (Å²) in [6.45, 7) is 2.73. The van der Waals surface area contributed by atoms with Gasteiger partial charge < -0.3 is 9.47 Å². The van der Waals surface area contributed by atoms with Gasteiger partial charge in [-0.2, -0.15) is 0 Å². The normalized spacial score (nSPS) is 19.3. The average Bonchev–Trinajstić information content (AvgIpc) is 2.76. The molecule has 0 spiro atoms. The van der Waals surface area contributed by atoms with E-state index in [2.05, 4.69) is 0 Å². The molecule has 1 aliphatic carbocycles. The summed E-state index contributed by atoms with van der Waals surface area (Å²) in [6.07, 6.45) is 4.41. The number of halogens is 4. The third-order valence-corrected chi connectivity index (χ3v) is 6.04. The van der Waals surface area contributed by atoms with Gasteiger partial charge in [0.2, 0.25) is 0 Å². The molecule has 0 bridgehead atoms. The molecule has 1 fully saturated rings. The van der Waals surface area contributed by atoms with Crippen molar-refractivity contribution in [1.29, 1.82) is 0 Å². The molecule has 1 saturated carbocycles. The van der Waals surface area contributed by atoms with Crippen LogP contribution in [0.3, 0.4) is 0 Å². The molecule has 6 heteroatoms. The summed E-state index contributed by atoms with van der Waals surface area (Å²) in [5, 5.41) is 0. The van der Waals surface area contributed by atoms with Crippen LogP contribution in [0.1, 0.15) is 56.1 Å². The molecule has 0 atom stereocenters. The zero-order valence-electron chi connectivity index (χ0n) is 17.4. The van der Waals surface area contributed by atoms with Crippen LogP contribution < -0.4 is 0 Å². The van der Waals surface area contributed by atoms with Crippen LogP contribution in [0, 0.1) is 29.2 Å². The van der Waals surface area contributed by atoms with Gasteiger partial charge in [-0.05, 0) is 56.4 Å². The zero-order chi connectivity index (χ0) is 21.7. The van der Waals surface area contributed by atoms with Crippen molar-refractivity contribution in [2.45, 2.75) is 51.6 Å². The van der Waals surface area contributed by atoms with E-state index >= 15 is 0 Å². The number of ether oxygens (including phenoxy) is 2. The van der Waals surface area contributed by atoms with Gasteiger partial charge in [-0.1, -0.05) is 24.3 Å². The molecule has 2 nitrogen and oxygen atoms in total. The molecule has 164 valence electrons. The lowest BCUT2D eigenvalue weighted by molar-refractivity contribution is 0.131. The van der Waals surface area contributed by atoms with Gasteiger partial charge >= 0.3 is 0 Å². The maximum atomic E-state index is 14.9. The molecule has 0 N–H and O–H groups in total. The first-order chi connectivity index (χ1) is 14.5.